The Hall–Kier alpha value is -1.82. The predicted molar refractivity (Wildman–Crippen MR) is 114 cm³/mol. The lowest BCUT2D eigenvalue weighted by Crippen LogP contribution is -2.52. The van der Waals surface area contributed by atoms with E-state index in [9.17, 15) is 0 Å². The SMILES string of the molecule is CN=C(NCCCCN1CCCCC1C)N1CCN(c2ccccn2)CC1. The van der Waals surface area contributed by atoms with E-state index in [1.807, 2.05) is 19.3 Å². The Kier molecular flexibility index (Phi) is 7.75. The van der Waals surface area contributed by atoms with Gasteiger partial charge in [-0.3, -0.25) is 4.99 Å². The minimum atomic E-state index is 0.773. The summed E-state index contributed by atoms with van der Waals surface area (Å²) in [6, 6.07) is 6.89. The Bertz CT molecular complexity index is 567. The van der Waals surface area contributed by atoms with Crippen LogP contribution >= 0.6 is 0 Å². The Balaban J connectivity index is 1.34. The zero-order chi connectivity index (χ0) is 18.9. The predicted octanol–water partition coefficient (Wildman–Crippen LogP) is 2.43. The number of piperazine rings is 1. The molecule has 2 aliphatic heterocycles. The van der Waals surface area contributed by atoms with Crippen LogP contribution in [0, 0.1) is 0 Å². The highest BCUT2D eigenvalue weighted by Crippen LogP contribution is 2.16. The fraction of sp³-hybridized carbons (Fsp3) is 0.714. The van der Waals surface area contributed by atoms with Gasteiger partial charge in [-0.1, -0.05) is 12.5 Å². The maximum Gasteiger partial charge on any atom is 0.193 e. The van der Waals surface area contributed by atoms with Gasteiger partial charge in [0.1, 0.15) is 5.82 Å². The molecule has 3 heterocycles. The highest BCUT2D eigenvalue weighted by Gasteiger charge is 2.20. The van der Waals surface area contributed by atoms with E-state index in [1.165, 1.54) is 45.2 Å². The van der Waals surface area contributed by atoms with Gasteiger partial charge in [-0.2, -0.15) is 0 Å². The zero-order valence-corrected chi connectivity index (χ0v) is 17.1. The number of hydrogen-bond donors (Lipinski definition) is 1. The summed E-state index contributed by atoms with van der Waals surface area (Å²) in [6.07, 6.45) is 8.49. The van der Waals surface area contributed by atoms with Gasteiger partial charge in [0.15, 0.2) is 5.96 Å². The van der Waals surface area contributed by atoms with Gasteiger partial charge >= 0.3 is 0 Å². The van der Waals surface area contributed by atoms with Crippen molar-refractivity contribution >= 4 is 11.8 Å². The second kappa shape index (κ2) is 10.5. The topological polar surface area (TPSA) is 47.0 Å². The van der Waals surface area contributed by atoms with Gasteiger partial charge in [-0.15, -0.1) is 0 Å². The maximum absolute atomic E-state index is 4.50. The Labute approximate surface area is 164 Å². The van der Waals surface area contributed by atoms with Crippen LogP contribution in [0.1, 0.15) is 39.0 Å². The number of nitrogens with one attached hydrogen (secondary N) is 1. The number of pyridine rings is 1. The van der Waals surface area contributed by atoms with Crippen LogP contribution in [0.3, 0.4) is 0 Å². The quantitative estimate of drug-likeness (QED) is 0.472. The summed E-state index contributed by atoms with van der Waals surface area (Å²) in [7, 11) is 1.89. The highest BCUT2D eigenvalue weighted by molar-refractivity contribution is 5.80. The van der Waals surface area contributed by atoms with Crippen molar-refractivity contribution in [2.75, 3.05) is 57.8 Å². The third kappa shape index (κ3) is 5.83. The summed E-state index contributed by atoms with van der Waals surface area (Å²) < 4.78 is 0. The molecule has 2 aliphatic rings. The molecule has 1 aromatic heterocycles. The number of unbranched alkanes of at least 4 members (excludes halogenated alkanes) is 1. The van der Waals surface area contributed by atoms with Crippen molar-refractivity contribution in [2.45, 2.75) is 45.1 Å². The standard InChI is InChI=1S/C21H36N6/c1-19-9-4-7-13-25(19)14-8-6-12-24-21(22-2)27-17-15-26(16-18-27)20-10-3-5-11-23-20/h3,5,10-11,19H,4,6-9,12-18H2,1-2H3,(H,22,24). The average Bonchev–Trinajstić information content (AvgIpc) is 2.73. The maximum atomic E-state index is 4.50. The van der Waals surface area contributed by atoms with E-state index in [1.54, 1.807) is 0 Å². The molecule has 1 N–H and O–H groups in total. The number of anilines is 1. The second-order valence-electron chi connectivity index (χ2n) is 7.72. The number of aromatic nitrogens is 1. The van der Waals surface area contributed by atoms with Crippen LogP contribution in [-0.4, -0.2) is 79.6 Å². The van der Waals surface area contributed by atoms with Crippen LogP contribution < -0.4 is 10.2 Å². The van der Waals surface area contributed by atoms with E-state index in [-0.39, 0.29) is 0 Å². The van der Waals surface area contributed by atoms with Gasteiger partial charge in [-0.05, 0) is 57.8 Å². The monoisotopic (exact) mass is 372 g/mol. The van der Waals surface area contributed by atoms with Crippen molar-refractivity contribution in [1.82, 2.24) is 20.1 Å². The number of guanidine groups is 1. The normalized spacial score (nSPS) is 22.1. The fourth-order valence-corrected chi connectivity index (χ4v) is 4.15. The van der Waals surface area contributed by atoms with E-state index in [0.29, 0.717) is 0 Å². The van der Waals surface area contributed by atoms with Crippen LogP contribution in [0.2, 0.25) is 0 Å². The van der Waals surface area contributed by atoms with Crippen LogP contribution in [0.25, 0.3) is 0 Å². The van der Waals surface area contributed by atoms with E-state index < -0.39 is 0 Å². The molecule has 0 radical (unpaired) electrons. The number of piperidine rings is 1. The number of nitrogens with zero attached hydrogens (tertiary/aromatic N) is 5. The molecule has 0 amide bonds. The van der Waals surface area contributed by atoms with Gasteiger partial charge in [0.25, 0.3) is 0 Å². The molecular formula is C21H36N6. The van der Waals surface area contributed by atoms with E-state index in [4.69, 9.17) is 0 Å². The van der Waals surface area contributed by atoms with Crippen molar-refractivity contribution in [3.63, 3.8) is 0 Å². The minimum absolute atomic E-state index is 0.773. The van der Waals surface area contributed by atoms with Crippen molar-refractivity contribution in [1.29, 1.82) is 0 Å². The molecule has 2 fully saturated rings. The summed E-state index contributed by atoms with van der Waals surface area (Å²) in [5.74, 6) is 2.12. The van der Waals surface area contributed by atoms with E-state index in [0.717, 1.165) is 50.5 Å². The fourth-order valence-electron chi connectivity index (χ4n) is 4.15. The number of aliphatic imine (C=N–C) groups is 1. The number of rotatable bonds is 6. The Morgan fingerprint density at radius 3 is 2.70 bits per heavy atom. The molecule has 6 heteroatoms. The first-order valence-corrected chi connectivity index (χ1v) is 10.6. The van der Waals surface area contributed by atoms with Crippen LogP contribution in [0.4, 0.5) is 5.82 Å². The van der Waals surface area contributed by atoms with E-state index >= 15 is 0 Å². The minimum Gasteiger partial charge on any atom is -0.356 e. The molecule has 150 valence electrons. The lowest BCUT2D eigenvalue weighted by Gasteiger charge is -2.37. The van der Waals surface area contributed by atoms with Crippen molar-refractivity contribution in [2.24, 2.45) is 4.99 Å². The summed E-state index contributed by atoms with van der Waals surface area (Å²) in [6.45, 7) is 9.87. The van der Waals surface area contributed by atoms with Gasteiger partial charge < -0.3 is 20.0 Å². The van der Waals surface area contributed by atoms with E-state index in [2.05, 4.69) is 49.0 Å². The first kappa shape index (κ1) is 19.9. The number of likely N-dealkylation sites (tertiary alicyclic amines) is 1. The highest BCUT2D eigenvalue weighted by atomic mass is 15.4. The zero-order valence-electron chi connectivity index (χ0n) is 17.1. The van der Waals surface area contributed by atoms with Crippen LogP contribution in [0.5, 0.6) is 0 Å². The smallest absolute Gasteiger partial charge is 0.193 e. The molecule has 27 heavy (non-hydrogen) atoms. The molecule has 0 spiro atoms. The first-order chi connectivity index (χ1) is 13.3. The summed E-state index contributed by atoms with van der Waals surface area (Å²) in [5.41, 5.74) is 0. The number of hydrogen-bond acceptors (Lipinski definition) is 4. The molecule has 0 saturated carbocycles. The Morgan fingerprint density at radius 1 is 1.15 bits per heavy atom. The van der Waals surface area contributed by atoms with Crippen molar-refractivity contribution in [3.05, 3.63) is 24.4 Å². The van der Waals surface area contributed by atoms with Gasteiger partial charge in [0, 0.05) is 52.0 Å². The largest absolute Gasteiger partial charge is 0.356 e. The average molecular weight is 373 g/mol. The molecule has 0 aromatic carbocycles. The molecule has 1 atom stereocenters. The van der Waals surface area contributed by atoms with Crippen molar-refractivity contribution in [3.8, 4) is 0 Å². The molecular weight excluding hydrogens is 336 g/mol. The molecule has 1 aromatic rings. The molecule has 2 saturated heterocycles. The summed E-state index contributed by atoms with van der Waals surface area (Å²) >= 11 is 0. The summed E-state index contributed by atoms with van der Waals surface area (Å²) in [4.78, 5) is 16.3. The van der Waals surface area contributed by atoms with Gasteiger partial charge in [-0.25, -0.2) is 4.98 Å². The summed E-state index contributed by atoms with van der Waals surface area (Å²) in [5, 5.41) is 3.57. The third-order valence-corrected chi connectivity index (χ3v) is 5.86. The molecule has 3 rings (SSSR count). The van der Waals surface area contributed by atoms with Crippen LogP contribution in [0.15, 0.2) is 29.4 Å². The first-order valence-electron chi connectivity index (χ1n) is 10.6. The second-order valence-corrected chi connectivity index (χ2v) is 7.72. The molecule has 6 nitrogen and oxygen atoms in total. The van der Waals surface area contributed by atoms with Gasteiger partial charge in [0.05, 0.1) is 0 Å². The molecule has 0 bridgehead atoms. The van der Waals surface area contributed by atoms with Crippen molar-refractivity contribution < 1.29 is 0 Å². The lowest BCUT2D eigenvalue weighted by molar-refractivity contribution is 0.158. The third-order valence-electron chi connectivity index (χ3n) is 5.86. The van der Waals surface area contributed by atoms with Crippen LogP contribution in [-0.2, 0) is 0 Å². The lowest BCUT2D eigenvalue weighted by atomic mass is 10.0. The van der Waals surface area contributed by atoms with Gasteiger partial charge in [0.2, 0.25) is 0 Å². The molecule has 1 unspecified atom stereocenters. The molecule has 0 aliphatic carbocycles. The Morgan fingerprint density at radius 2 is 2.00 bits per heavy atom.